The van der Waals surface area contributed by atoms with Gasteiger partial charge in [0.05, 0.1) is 11.0 Å². The number of rotatable bonds is 6. The maximum atomic E-state index is 12.9. The third-order valence-electron chi connectivity index (χ3n) is 6.05. The molecule has 2 amide bonds. The number of para-hydroxylation sites is 2. The maximum Gasteiger partial charge on any atom is 0.242 e. The van der Waals surface area contributed by atoms with E-state index in [-0.39, 0.29) is 17.7 Å². The van der Waals surface area contributed by atoms with Crippen LogP contribution < -0.4 is 0 Å². The van der Waals surface area contributed by atoms with Gasteiger partial charge in [0, 0.05) is 38.5 Å². The van der Waals surface area contributed by atoms with E-state index < -0.39 is 0 Å². The molecule has 2 fully saturated rings. The van der Waals surface area contributed by atoms with Crippen LogP contribution in [0.3, 0.4) is 0 Å². The number of nitrogens with zero attached hydrogens (tertiary/aromatic N) is 4. The van der Waals surface area contributed by atoms with Crippen LogP contribution >= 0.6 is 0 Å². The average Bonchev–Trinajstić information content (AvgIpc) is 3.27. The second-order valence-corrected chi connectivity index (χ2v) is 8.08. The summed E-state index contributed by atoms with van der Waals surface area (Å²) in [6.07, 6.45) is 5.99. The van der Waals surface area contributed by atoms with Crippen LogP contribution in [0.5, 0.6) is 0 Å². The lowest BCUT2D eigenvalue weighted by Gasteiger charge is -2.27. The molecular formula is C22H30N4O2. The van der Waals surface area contributed by atoms with Gasteiger partial charge in [-0.1, -0.05) is 25.5 Å². The fourth-order valence-corrected chi connectivity index (χ4v) is 4.46. The van der Waals surface area contributed by atoms with Crippen molar-refractivity contribution in [1.82, 2.24) is 19.4 Å². The van der Waals surface area contributed by atoms with Gasteiger partial charge in [-0.3, -0.25) is 9.59 Å². The topological polar surface area (TPSA) is 58.4 Å². The summed E-state index contributed by atoms with van der Waals surface area (Å²) in [5.41, 5.74) is 1.89. The van der Waals surface area contributed by atoms with Gasteiger partial charge < -0.3 is 14.4 Å². The van der Waals surface area contributed by atoms with E-state index in [1.54, 1.807) is 0 Å². The Kier molecular flexibility index (Phi) is 5.64. The number of carbonyl (C=O) groups excluding carboxylic acids is 2. The number of fused-ring (bicyclic) bond motifs is 1. The van der Waals surface area contributed by atoms with E-state index >= 15 is 0 Å². The highest BCUT2D eigenvalue weighted by molar-refractivity contribution is 5.83. The van der Waals surface area contributed by atoms with Gasteiger partial charge in [-0.15, -0.1) is 0 Å². The molecule has 2 aliphatic heterocycles. The summed E-state index contributed by atoms with van der Waals surface area (Å²) in [4.78, 5) is 34.2. The highest BCUT2D eigenvalue weighted by Crippen LogP contribution is 2.30. The molecule has 0 spiro atoms. The van der Waals surface area contributed by atoms with Gasteiger partial charge >= 0.3 is 0 Å². The SMILES string of the molecule is CCCCN1CC(c2nc3ccccc3n2CC(=O)N2CCCCC2)CC1=O. The normalized spacial score (nSPS) is 20.3. The minimum absolute atomic E-state index is 0.0610. The number of carbonyl (C=O) groups is 2. The highest BCUT2D eigenvalue weighted by Gasteiger charge is 2.34. The van der Waals surface area contributed by atoms with Crippen molar-refractivity contribution in [2.24, 2.45) is 0 Å². The molecule has 28 heavy (non-hydrogen) atoms. The third-order valence-corrected chi connectivity index (χ3v) is 6.05. The first-order valence-electron chi connectivity index (χ1n) is 10.7. The highest BCUT2D eigenvalue weighted by atomic mass is 16.2. The molecule has 4 rings (SSSR count). The van der Waals surface area contributed by atoms with Crippen LogP contribution in [0.4, 0.5) is 0 Å². The van der Waals surface area contributed by atoms with Crippen molar-refractivity contribution in [2.45, 2.75) is 57.9 Å². The first-order valence-corrected chi connectivity index (χ1v) is 10.7. The number of likely N-dealkylation sites (tertiary alicyclic amines) is 2. The molecule has 1 aromatic carbocycles. The number of imidazole rings is 1. The molecule has 2 aromatic rings. The van der Waals surface area contributed by atoms with Crippen molar-refractivity contribution < 1.29 is 9.59 Å². The van der Waals surface area contributed by atoms with Crippen molar-refractivity contribution in [3.63, 3.8) is 0 Å². The molecule has 1 atom stereocenters. The first-order chi connectivity index (χ1) is 13.7. The summed E-state index contributed by atoms with van der Waals surface area (Å²) in [5.74, 6) is 1.32. The lowest BCUT2D eigenvalue weighted by atomic mass is 10.1. The summed E-state index contributed by atoms with van der Waals surface area (Å²) >= 11 is 0. The van der Waals surface area contributed by atoms with Crippen LogP contribution in [0.25, 0.3) is 11.0 Å². The van der Waals surface area contributed by atoms with Gasteiger partial charge in [0.2, 0.25) is 11.8 Å². The number of amides is 2. The van der Waals surface area contributed by atoms with Crippen LogP contribution in [0.15, 0.2) is 24.3 Å². The fraction of sp³-hybridized carbons (Fsp3) is 0.591. The summed E-state index contributed by atoms with van der Waals surface area (Å²) < 4.78 is 2.06. The molecule has 0 radical (unpaired) electrons. The Balaban J connectivity index is 1.60. The van der Waals surface area contributed by atoms with E-state index in [1.165, 1.54) is 6.42 Å². The summed E-state index contributed by atoms with van der Waals surface area (Å²) in [5, 5.41) is 0. The molecule has 6 nitrogen and oxygen atoms in total. The number of hydrogen-bond donors (Lipinski definition) is 0. The van der Waals surface area contributed by atoms with Crippen molar-refractivity contribution in [3.8, 4) is 0 Å². The van der Waals surface area contributed by atoms with Crippen LogP contribution in [-0.2, 0) is 16.1 Å². The number of piperidine rings is 1. The van der Waals surface area contributed by atoms with Crippen molar-refractivity contribution in [1.29, 1.82) is 0 Å². The molecular weight excluding hydrogens is 352 g/mol. The van der Waals surface area contributed by atoms with Crippen LogP contribution in [0.1, 0.15) is 57.2 Å². The molecule has 0 N–H and O–H groups in total. The Bertz CT molecular complexity index is 853. The van der Waals surface area contributed by atoms with Crippen molar-refractivity contribution in [2.75, 3.05) is 26.2 Å². The number of benzene rings is 1. The van der Waals surface area contributed by atoms with Crippen LogP contribution in [0.2, 0.25) is 0 Å². The van der Waals surface area contributed by atoms with E-state index in [4.69, 9.17) is 4.98 Å². The predicted molar refractivity (Wildman–Crippen MR) is 109 cm³/mol. The Morgan fingerprint density at radius 2 is 1.96 bits per heavy atom. The Hall–Kier alpha value is -2.37. The lowest BCUT2D eigenvalue weighted by molar-refractivity contribution is -0.132. The minimum atomic E-state index is 0.0610. The van der Waals surface area contributed by atoms with E-state index in [1.807, 2.05) is 34.1 Å². The number of unbranched alkanes of at least 4 members (excludes halogenated alkanes) is 1. The molecule has 0 aliphatic carbocycles. The zero-order valence-corrected chi connectivity index (χ0v) is 16.8. The number of aromatic nitrogens is 2. The smallest absolute Gasteiger partial charge is 0.242 e. The molecule has 0 bridgehead atoms. The summed E-state index contributed by atoms with van der Waals surface area (Å²) in [7, 11) is 0. The van der Waals surface area contributed by atoms with E-state index in [0.717, 1.165) is 62.2 Å². The van der Waals surface area contributed by atoms with Gasteiger partial charge in [-0.25, -0.2) is 4.98 Å². The third kappa shape index (κ3) is 3.77. The van der Waals surface area contributed by atoms with Gasteiger partial charge in [0.25, 0.3) is 0 Å². The lowest BCUT2D eigenvalue weighted by Crippen LogP contribution is -2.38. The van der Waals surface area contributed by atoms with Crippen molar-refractivity contribution in [3.05, 3.63) is 30.1 Å². The predicted octanol–water partition coefficient (Wildman–Crippen LogP) is 3.16. The first kappa shape index (κ1) is 19.0. The fourth-order valence-electron chi connectivity index (χ4n) is 4.46. The number of hydrogen-bond acceptors (Lipinski definition) is 3. The largest absolute Gasteiger partial charge is 0.342 e. The molecule has 1 aromatic heterocycles. The molecule has 0 saturated carbocycles. The van der Waals surface area contributed by atoms with E-state index in [0.29, 0.717) is 19.5 Å². The van der Waals surface area contributed by atoms with E-state index in [2.05, 4.69) is 11.5 Å². The zero-order chi connectivity index (χ0) is 19.5. The summed E-state index contributed by atoms with van der Waals surface area (Å²) in [6, 6.07) is 7.99. The summed E-state index contributed by atoms with van der Waals surface area (Å²) in [6.45, 7) is 5.69. The van der Waals surface area contributed by atoms with Crippen molar-refractivity contribution >= 4 is 22.8 Å². The van der Waals surface area contributed by atoms with Gasteiger partial charge in [-0.05, 0) is 37.8 Å². The van der Waals surface area contributed by atoms with E-state index in [9.17, 15) is 9.59 Å². The quantitative estimate of drug-likeness (QED) is 0.771. The maximum absolute atomic E-state index is 12.9. The second-order valence-electron chi connectivity index (χ2n) is 8.08. The van der Waals surface area contributed by atoms with Crippen LogP contribution in [0, 0.1) is 0 Å². The molecule has 150 valence electrons. The molecule has 2 aliphatic rings. The Morgan fingerprint density at radius 1 is 1.18 bits per heavy atom. The second kappa shape index (κ2) is 8.33. The Labute approximate surface area is 166 Å². The van der Waals surface area contributed by atoms with Gasteiger partial charge in [0.1, 0.15) is 12.4 Å². The Morgan fingerprint density at radius 3 is 2.75 bits per heavy atom. The monoisotopic (exact) mass is 382 g/mol. The molecule has 1 unspecified atom stereocenters. The molecule has 6 heteroatoms. The van der Waals surface area contributed by atoms with Gasteiger partial charge in [-0.2, -0.15) is 0 Å². The minimum Gasteiger partial charge on any atom is -0.342 e. The average molecular weight is 383 g/mol. The molecule has 3 heterocycles. The molecule has 2 saturated heterocycles. The van der Waals surface area contributed by atoms with Gasteiger partial charge in [0.15, 0.2) is 0 Å². The zero-order valence-electron chi connectivity index (χ0n) is 16.8. The van der Waals surface area contributed by atoms with Crippen LogP contribution in [-0.4, -0.2) is 57.3 Å². The standard InChI is InChI=1S/C22H30N4O2/c1-2-3-11-25-15-17(14-20(25)27)22-23-18-9-5-6-10-19(18)26(22)16-21(28)24-12-7-4-8-13-24/h5-6,9-10,17H,2-4,7-8,11-16H2,1H3.